The molecule has 0 saturated carbocycles. The van der Waals surface area contributed by atoms with E-state index in [1.165, 1.54) is 13.3 Å². The van der Waals surface area contributed by atoms with Crippen LogP contribution in [0.5, 0.6) is 11.8 Å². The fourth-order valence-corrected chi connectivity index (χ4v) is 7.33. The van der Waals surface area contributed by atoms with Crippen LogP contribution in [0.4, 0.5) is 8.78 Å². The molecular weight excluding hydrogens is 656 g/mol. The molecule has 7 rings (SSSR count). The number of aryl methyl sites for hydroxylation is 1. The minimum Gasteiger partial charge on any atom is -0.481 e. The molecule has 2 aromatic carbocycles. The number of nitrogens with one attached hydrogen (secondary N) is 2. The van der Waals surface area contributed by atoms with Crippen LogP contribution in [0.2, 0.25) is 0 Å². The van der Waals surface area contributed by atoms with Gasteiger partial charge in [-0.1, -0.05) is 24.3 Å². The van der Waals surface area contributed by atoms with E-state index in [0.29, 0.717) is 63.0 Å². The second kappa shape index (κ2) is 14.7. The summed E-state index contributed by atoms with van der Waals surface area (Å²) in [6.45, 7) is 5.35. The quantitative estimate of drug-likeness (QED) is 0.243. The molecule has 0 bridgehead atoms. The van der Waals surface area contributed by atoms with Crippen molar-refractivity contribution in [3.8, 4) is 45.4 Å². The van der Waals surface area contributed by atoms with Crippen molar-refractivity contribution < 1.29 is 27.8 Å². The molecule has 2 N–H and O–H groups in total. The topological polar surface area (TPSA) is 122 Å². The molecule has 11 nitrogen and oxygen atoms in total. The Labute approximate surface area is 295 Å². The van der Waals surface area contributed by atoms with Crippen LogP contribution in [0, 0.1) is 11.6 Å². The summed E-state index contributed by atoms with van der Waals surface area (Å²) in [5.74, 6) is -0.408. The van der Waals surface area contributed by atoms with Gasteiger partial charge in [0, 0.05) is 92.5 Å². The lowest BCUT2D eigenvalue weighted by molar-refractivity contribution is -0.130. The average Bonchev–Trinajstić information content (AvgIpc) is 3.76. The molecule has 2 aromatic heterocycles. The molecule has 0 spiro atoms. The van der Waals surface area contributed by atoms with Crippen LogP contribution in [-0.2, 0) is 22.6 Å². The van der Waals surface area contributed by atoms with E-state index in [4.69, 9.17) is 14.5 Å². The minimum atomic E-state index is -0.634. The monoisotopic (exact) mass is 697 g/mol. The van der Waals surface area contributed by atoms with E-state index >= 15 is 8.78 Å². The Balaban J connectivity index is 1.14. The summed E-state index contributed by atoms with van der Waals surface area (Å²) in [6.07, 6.45) is 4.43. The maximum Gasteiger partial charge on any atom is 0.237 e. The molecule has 3 aliphatic rings. The van der Waals surface area contributed by atoms with Gasteiger partial charge in [-0.3, -0.25) is 19.5 Å². The number of nitrogens with zero attached hydrogens (tertiary/aromatic N) is 5. The lowest BCUT2D eigenvalue weighted by atomic mass is 9.96. The molecule has 2 amide bonds. The highest BCUT2D eigenvalue weighted by atomic mass is 19.1. The molecule has 2 saturated heterocycles. The molecule has 2 fully saturated rings. The van der Waals surface area contributed by atoms with Crippen molar-refractivity contribution >= 4 is 11.8 Å². The molecular formula is C38H41F2N7O4. The number of hydrogen-bond acceptors (Lipinski definition) is 9. The molecule has 2 unspecified atom stereocenters. The van der Waals surface area contributed by atoms with Crippen LogP contribution >= 0.6 is 0 Å². The van der Waals surface area contributed by atoms with Gasteiger partial charge in [-0.15, -0.1) is 0 Å². The smallest absolute Gasteiger partial charge is 0.237 e. The second-order valence-electron chi connectivity index (χ2n) is 13.2. The average molecular weight is 698 g/mol. The summed E-state index contributed by atoms with van der Waals surface area (Å²) in [4.78, 5) is 41.2. The van der Waals surface area contributed by atoms with Crippen molar-refractivity contribution in [2.75, 3.05) is 46.9 Å². The van der Waals surface area contributed by atoms with Gasteiger partial charge >= 0.3 is 0 Å². The molecule has 4 heterocycles. The molecule has 4 aromatic rings. The number of carbonyl (C=O) groups is 2. The Hall–Kier alpha value is -5.01. The van der Waals surface area contributed by atoms with Crippen molar-refractivity contribution in [2.24, 2.45) is 0 Å². The Morgan fingerprint density at radius 3 is 2.18 bits per heavy atom. The number of methoxy groups -OCH3 is 2. The van der Waals surface area contributed by atoms with Crippen LogP contribution in [0.3, 0.4) is 0 Å². The Morgan fingerprint density at radius 1 is 0.902 bits per heavy atom. The van der Waals surface area contributed by atoms with Crippen LogP contribution in [0.1, 0.15) is 49.0 Å². The van der Waals surface area contributed by atoms with Gasteiger partial charge in [0.2, 0.25) is 23.6 Å². The summed E-state index contributed by atoms with van der Waals surface area (Å²) in [7, 11) is 3.04. The maximum absolute atomic E-state index is 16.4. The number of benzene rings is 2. The van der Waals surface area contributed by atoms with Crippen LogP contribution in [0.15, 0.2) is 48.7 Å². The standard InChI is InChI=1S/C38H41F2N7O4/c1-22(48)47-16-14-46(15-17-47)21-32-37(50-2)45-31(20-42-32)28-9-5-7-26(36(28)40)25-6-4-8-27(35(25)39)30-18-23-10-12-29(34(23)38(44-30)51-3)41-19-24-11-13-33(49)43-24/h4-9,18,20,24,29,41H,10-17,19,21H2,1-3H3,(H,43,49). The molecule has 2 atom stereocenters. The SMILES string of the molecule is COc1nc(-c2cccc(-c3cccc(-c4cc5c(c(OC)n4)C(NCC4CCC(=O)N4)CC5)c3F)c2F)cnc1CN1CCN(C(C)=O)CC1. The number of ether oxygens (including phenoxy) is 2. The normalized spacial score (nSPS) is 18.8. The van der Waals surface area contributed by atoms with Crippen LogP contribution in [-0.4, -0.2) is 89.6 Å². The minimum absolute atomic E-state index is 0.00118. The fourth-order valence-electron chi connectivity index (χ4n) is 7.33. The van der Waals surface area contributed by atoms with Gasteiger partial charge in [0.25, 0.3) is 0 Å². The van der Waals surface area contributed by atoms with Crippen LogP contribution < -0.4 is 20.1 Å². The zero-order valence-electron chi connectivity index (χ0n) is 29.0. The van der Waals surface area contributed by atoms with Gasteiger partial charge < -0.3 is 25.0 Å². The first-order valence-electron chi connectivity index (χ1n) is 17.3. The molecule has 2 aliphatic heterocycles. The van der Waals surface area contributed by atoms with Crippen LogP contribution in [0.25, 0.3) is 33.6 Å². The first-order valence-corrected chi connectivity index (χ1v) is 17.3. The van der Waals surface area contributed by atoms with Gasteiger partial charge in [0.1, 0.15) is 17.3 Å². The van der Waals surface area contributed by atoms with E-state index in [0.717, 1.165) is 30.4 Å². The predicted octanol–water partition coefficient (Wildman–Crippen LogP) is 4.69. The highest BCUT2D eigenvalue weighted by molar-refractivity contribution is 5.79. The van der Waals surface area contributed by atoms with Crippen molar-refractivity contribution in [3.63, 3.8) is 0 Å². The van der Waals surface area contributed by atoms with E-state index < -0.39 is 11.6 Å². The summed E-state index contributed by atoms with van der Waals surface area (Å²) in [5, 5.41) is 6.54. The highest BCUT2D eigenvalue weighted by Crippen LogP contribution is 2.41. The van der Waals surface area contributed by atoms with Crippen molar-refractivity contribution in [1.29, 1.82) is 0 Å². The van der Waals surface area contributed by atoms with E-state index in [1.54, 1.807) is 50.4 Å². The zero-order chi connectivity index (χ0) is 35.6. The van der Waals surface area contributed by atoms with E-state index in [-0.39, 0.29) is 57.7 Å². The lowest BCUT2D eigenvalue weighted by Gasteiger charge is -2.34. The Bertz CT molecular complexity index is 1970. The molecule has 13 heteroatoms. The first kappa shape index (κ1) is 34.4. The summed E-state index contributed by atoms with van der Waals surface area (Å²) in [5.41, 5.74) is 3.79. The third-order valence-electron chi connectivity index (χ3n) is 10.1. The third kappa shape index (κ3) is 7.00. The van der Waals surface area contributed by atoms with Crippen molar-refractivity contribution in [1.82, 2.24) is 35.4 Å². The lowest BCUT2D eigenvalue weighted by Crippen LogP contribution is -2.47. The van der Waals surface area contributed by atoms with Gasteiger partial charge in [0.15, 0.2) is 0 Å². The number of hydrogen-bond donors (Lipinski definition) is 2. The van der Waals surface area contributed by atoms with Gasteiger partial charge in [-0.25, -0.2) is 18.7 Å². The maximum atomic E-state index is 16.4. The summed E-state index contributed by atoms with van der Waals surface area (Å²) in [6, 6.07) is 11.7. The molecule has 0 radical (unpaired) electrons. The third-order valence-corrected chi connectivity index (χ3v) is 10.1. The number of carbonyl (C=O) groups excluding carboxylic acids is 2. The number of fused-ring (bicyclic) bond motifs is 1. The predicted molar refractivity (Wildman–Crippen MR) is 187 cm³/mol. The van der Waals surface area contributed by atoms with Crippen molar-refractivity contribution in [3.05, 3.63) is 77.1 Å². The second-order valence-corrected chi connectivity index (χ2v) is 13.2. The number of piperazine rings is 1. The zero-order valence-corrected chi connectivity index (χ0v) is 29.0. The van der Waals surface area contributed by atoms with Gasteiger partial charge in [0.05, 0.1) is 31.8 Å². The molecule has 51 heavy (non-hydrogen) atoms. The van der Waals surface area contributed by atoms with E-state index in [2.05, 4.69) is 25.5 Å². The number of amides is 2. The van der Waals surface area contributed by atoms with Gasteiger partial charge in [-0.05, 0) is 43.0 Å². The Kier molecular flexibility index (Phi) is 9.92. The number of aromatic nitrogens is 3. The highest BCUT2D eigenvalue weighted by Gasteiger charge is 2.31. The van der Waals surface area contributed by atoms with E-state index in [1.807, 2.05) is 11.0 Å². The molecule has 266 valence electrons. The van der Waals surface area contributed by atoms with Gasteiger partial charge in [-0.2, -0.15) is 0 Å². The fraction of sp³-hybridized carbons (Fsp3) is 0.395. The van der Waals surface area contributed by atoms with Crippen molar-refractivity contribution in [2.45, 2.75) is 51.2 Å². The Morgan fingerprint density at radius 2 is 1.55 bits per heavy atom. The first-order chi connectivity index (χ1) is 24.7. The number of halogens is 2. The largest absolute Gasteiger partial charge is 0.481 e. The molecule has 1 aliphatic carbocycles. The van der Waals surface area contributed by atoms with E-state index in [9.17, 15) is 9.59 Å². The summed E-state index contributed by atoms with van der Waals surface area (Å²) < 4.78 is 44.1. The number of rotatable bonds is 10. The summed E-state index contributed by atoms with van der Waals surface area (Å²) >= 11 is 0. The number of pyridine rings is 1.